The van der Waals surface area contributed by atoms with Gasteiger partial charge in [-0.2, -0.15) is 10.4 Å². The Balaban J connectivity index is 2.69. The minimum atomic E-state index is 0.510. The van der Waals surface area contributed by atoms with Crippen molar-refractivity contribution in [3.05, 3.63) is 44.6 Å². The van der Waals surface area contributed by atoms with E-state index in [0.717, 1.165) is 21.5 Å². The molecule has 0 radical (unpaired) electrons. The van der Waals surface area contributed by atoms with E-state index in [1.807, 2.05) is 13.8 Å². The van der Waals surface area contributed by atoms with Crippen LogP contribution in [0.2, 0.25) is 5.02 Å². The fraction of sp³-hybridized carbons (Fsp3) is 0.167. The first-order chi connectivity index (χ1) is 8.04. The van der Waals surface area contributed by atoms with E-state index in [1.54, 1.807) is 22.9 Å². The first kappa shape index (κ1) is 12.2. The van der Waals surface area contributed by atoms with Gasteiger partial charge in [0.25, 0.3) is 0 Å². The van der Waals surface area contributed by atoms with Crippen LogP contribution in [0.3, 0.4) is 0 Å². The quantitative estimate of drug-likeness (QED) is 0.804. The topological polar surface area (TPSA) is 41.6 Å². The highest BCUT2D eigenvalue weighted by molar-refractivity contribution is 9.10. The fourth-order valence-corrected chi connectivity index (χ4v) is 2.06. The highest BCUT2D eigenvalue weighted by Gasteiger charge is 2.13. The Kier molecular flexibility index (Phi) is 3.23. The van der Waals surface area contributed by atoms with Gasteiger partial charge in [0, 0.05) is 5.02 Å². The van der Waals surface area contributed by atoms with Gasteiger partial charge in [0.05, 0.1) is 27.1 Å². The van der Waals surface area contributed by atoms with Crippen molar-refractivity contribution in [1.82, 2.24) is 9.78 Å². The van der Waals surface area contributed by atoms with Gasteiger partial charge in [-0.05, 0) is 48.0 Å². The molecule has 0 spiro atoms. The van der Waals surface area contributed by atoms with E-state index in [4.69, 9.17) is 16.9 Å². The molecule has 0 saturated carbocycles. The van der Waals surface area contributed by atoms with Crippen molar-refractivity contribution >= 4 is 27.5 Å². The molecule has 0 amide bonds. The molecule has 86 valence electrons. The lowest BCUT2D eigenvalue weighted by Gasteiger charge is -2.06. The van der Waals surface area contributed by atoms with E-state index < -0.39 is 0 Å². The van der Waals surface area contributed by atoms with Gasteiger partial charge in [0.15, 0.2) is 0 Å². The Hall–Kier alpha value is -1.31. The van der Waals surface area contributed by atoms with E-state index in [-0.39, 0.29) is 0 Å². The molecule has 3 nitrogen and oxygen atoms in total. The number of benzene rings is 1. The zero-order valence-electron chi connectivity index (χ0n) is 9.33. The highest BCUT2D eigenvalue weighted by Crippen LogP contribution is 2.25. The van der Waals surface area contributed by atoms with Gasteiger partial charge in [0.1, 0.15) is 6.07 Å². The number of aromatic nitrogens is 2. The van der Waals surface area contributed by atoms with E-state index in [9.17, 15) is 0 Å². The lowest BCUT2D eigenvalue weighted by atomic mass is 10.2. The third-order valence-electron chi connectivity index (χ3n) is 2.51. The normalized spacial score (nSPS) is 10.3. The molecule has 2 rings (SSSR count). The zero-order valence-corrected chi connectivity index (χ0v) is 11.7. The Bertz CT molecular complexity index is 625. The molecule has 0 N–H and O–H groups in total. The number of rotatable bonds is 1. The second kappa shape index (κ2) is 4.52. The van der Waals surface area contributed by atoms with Crippen LogP contribution in [-0.2, 0) is 0 Å². The van der Waals surface area contributed by atoms with Crippen LogP contribution >= 0.6 is 27.5 Å². The van der Waals surface area contributed by atoms with E-state index in [2.05, 4.69) is 27.1 Å². The van der Waals surface area contributed by atoms with Gasteiger partial charge in [-0.25, -0.2) is 4.68 Å². The van der Waals surface area contributed by atoms with Crippen molar-refractivity contribution in [2.45, 2.75) is 13.8 Å². The predicted molar refractivity (Wildman–Crippen MR) is 70.5 cm³/mol. The fourth-order valence-electron chi connectivity index (χ4n) is 1.64. The number of hydrogen-bond donors (Lipinski definition) is 0. The maximum Gasteiger partial charge on any atom is 0.101 e. The lowest BCUT2D eigenvalue weighted by Crippen LogP contribution is -2.01. The van der Waals surface area contributed by atoms with Crippen LogP contribution in [0.4, 0.5) is 0 Å². The Morgan fingerprint density at radius 2 is 2.12 bits per heavy atom. The molecule has 2 aromatic rings. The van der Waals surface area contributed by atoms with Gasteiger partial charge in [-0.3, -0.25) is 0 Å². The maximum absolute atomic E-state index is 9.11. The van der Waals surface area contributed by atoms with Gasteiger partial charge >= 0.3 is 0 Å². The van der Waals surface area contributed by atoms with Crippen molar-refractivity contribution < 1.29 is 0 Å². The smallest absolute Gasteiger partial charge is 0.101 e. The average Bonchev–Trinajstić information content (AvgIpc) is 2.57. The summed E-state index contributed by atoms with van der Waals surface area (Å²) >= 11 is 9.34. The molecule has 0 saturated heterocycles. The van der Waals surface area contributed by atoms with E-state index in [1.165, 1.54) is 0 Å². The SMILES string of the molecule is Cc1nn(-c2ccc(Cl)cc2C#N)c(C)c1Br. The van der Waals surface area contributed by atoms with Crippen LogP contribution in [0.15, 0.2) is 22.7 Å². The standard InChI is InChI=1S/C12H9BrClN3/c1-7-12(13)8(2)17(16-7)11-4-3-10(14)5-9(11)6-15/h3-5H,1-2H3. The van der Waals surface area contributed by atoms with Crippen LogP contribution in [0, 0.1) is 25.2 Å². The summed E-state index contributed by atoms with van der Waals surface area (Å²) in [7, 11) is 0. The number of aryl methyl sites for hydroxylation is 1. The summed E-state index contributed by atoms with van der Waals surface area (Å²) in [5.41, 5.74) is 3.10. The molecule has 0 aliphatic rings. The molecular weight excluding hydrogens is 302 g/mol. The van der Waals surface area contributed by atoms with Crippen LogP contribution in [0.1, 0.15) is 17.0 Å². The van der Waals surface area contributed by atoms with Gasteiger partial charge < -0.3 is 0 Å². The summed E-state index contributed by atoms with van der Waals surface area (Å²) in [6.07, 6.45) is 0. The van der Waals surface area contributed by atoms with Crippen LogP contribution in [-0.4, -0.2) is 9.78 Å². The van der Waals surface area contributed by atoms with Crippen LogP contribution in [0.5, 0.6) is 0 Å². The van der Waals surface area contributed by atoms with Gasteiger partial charge in [-0.15, -0.1) is 0 Å². The third-order valence-corrected chi connectivity index (χ3v) is 3.89. The van der Waals surface area contributed by atoms with Crippen molar-refractivity contribution in [3.8, 4) is 11.8 Å². The largest absolute Gasteiger partial charge is 0.235 e. The van der Waals surface area contributed by atoms with Crippen molar-refractivity contribution in [3.63, 3.8) is 0 Å². The minimum absolute atomic E-state index is 0.510. The van der Waals surface area contributed by atoms with Crippen molar-refractivity contribution in [2.24, 2.45) is 0 Å². The zero-order chi connectivity index (χ0) is 12.6. The molecule has 1 aromatic carbocycles. The Morgan fingerprint density at radius 1 is 1.41 bits per heavy atom. The molecule has 1 heterocycles. The Morgan fingerprint density at radius 3 is 2.65 bits per heavy atom. The summed E-state index contributed by atoms with van der Waals surface area (Å²) in [6, 6.07) is 7.32. The molecule has 0 aliphatic carbocycles. The molecule has 0 fully saturated rings. The molecule has 0 bridgehead atoms. The average molecular weight is 311 g/mol. The minimum Gasteiger partial charge on any atom is -0.235 e. The number of nitrogens with zero attached hydrogens (tertiary/aromatic N) is 3. The monoisotopic (exact) mass is 309 g/mol. The summed E-state index contributed by atoms with van der Waals surface area (Å²) < 4.78 is 2.70. The summed E-state index contributed by atoms with van der Waals surface area (Å²) in [4.78, 5) is 0. The number of nitriles is 1. The molecule has 17 heavy (non-hydrogen) atoms. The van der Waals surface area contributed by atoms with Crippen molar-refractivity contribution in [1.29, 1.82) is 5.26 Å². The Labute approximate surface area is 113 Å². The number of halogens is 2. The first-order valence-corrected chi connectivity index (χ1v) is 6.13. The van der Waals surface area contributed by atoms with Crippen LogP contribution < -0.4 is 0 Å². The highest BCUT2D eigenvalue weighted by atomic mass is 79.9. The second-order valence-electron chi connectivity index (χ2n) is 3.67. The van der Waals surface area contributed by atoms with E-state index in [0.29, 0.717) is 10.6 Å². The molecule has 0 unspecified atom stereocenters. The number of hydrogen-bond acceptors (Lipinski definition) is 2. The third kappa shape index (κ3) is 2.08. The second-order valence-corrected chi connectivity index (χ2v) is 4.90. The van der Waals surface area contributed by atoms with Crippen molar-refractivity contribution in [2.75, 3.05) is 0 Å². The van der Waals surface area contributed by atoms with Gasteiger partial charge in [-0.1, -0.05) is 11.6 Å². The summed E-state index contributed by atoms with van der Waals surface area (Å²) in [6.45, 7) is 3.86. The predicted octanol–water partition coefficient (Wildman–Crippen LogP) is 3.78. The summed E-state index contributed by atoms with van der Waals surface area (Å²) in [5, 5.41) is 14.1. The molecule has 0 aliphatic heterocycles. The van der Waals surface area contributed by atoms with Gasteiger partial charge in [0.2, 0.25) is 0 Å². The van der Waals surface area contributed by atoms with Crippen LogP contribution in [0.25, 0.3) is 5.69 Å². The summed E-state index contributed by atoms with van der Waals surface area (Å²) in [5.74, 6) is 0. The molecule has 1 aromatic heterocycles. The van der Waals surface area contributed by atoms with E-state index >= 15 is 0 Å². The molecule has 5 heteroatoms. The maximum atomic E-state index is 9.11. The lowest BCUT2D eigenvalue weighted by molar-refractivity contribution is 0.831. The first-order valence-electron chi connectivity index (χ1n) is 4.96. The molecule has 0 atom stereocenters. The molecular formula is C12H9BrClN3.